The summed E-state index contributed by atoms with van der Waals surface area (Å²) in [6.07, 6.45) is 0. The van der Waals surface area contributed by atoms with Gasteiger partial charge in [-0.1, -0.05) is 0 Å². The maximum atomic E-state index is 12.9. The van der Waals surface area contributed by atoms with Crippen molar-refractivity contribution in [3.63, 3.8) is 0 Å². The molecule has 0 aliphatic carbocycles. The summed E-state index contributed by atoms with van der Waals surface area (Å²) in [5.74, 6) is -1.02. The first-order chi connectivity index (χ1) is 8.81. The minimum absolute atomic E-state index is 0.0133. The number of benzene rings is 1. The summed E-state index contributed by atoms with van der Waals surface area (Å²) < 4.78 is 12.9. The van der Waals surface area contributed by atoms with Crippen LogP contribution in [0, 0.1) is 12.7 Å². The second-order valence-electron chi connectivity index (χ2n) is 4.82. The topological polar surface area (TPSA) is 58.2 Å². The Morgan fingerprint density at radius 3 is 2.32 bits per heavy atom. The van der Waals surface area contributed by atoms with Gasteiger partial charge in [0.05, 0.1) is 0 Å². The first kappa shape index (κ1) is 15.1. The van der Waals surface area contributed by atoms with Crippen molar-refractivity contribution >= 4 is 11.8 Å². The normalized spacial score (nSPS) is 12.1. The van der Waals surface area contributed by atoms with E-state index in [2.05, 4.69) is 10.6 Å². The van der Waals surface area contributed by atoms with Gasteiger partial charge in [0.1, 0.15) is 11.9 Å². The quantitative estimate of drug-likeness (QED) is 0.872. The van der Waals surface area contributed by atoms with E-state index in [1.807, 2.05) is 13.8 Å². The largest absolute Gasteiger partial charge is 0.352 e. The molecule has 0 fully saturated rings. The molecule has 5 heteroatoms. The molecule has 19 heavy (non-hydrogen) atoms. The highest BCUT2D eigenvalue weighted by atomic mass is 19.1. The SMILES string of the molecule is Cc1cc(F)ccc1C(=O)NC(C)C(=O)NC(C)C. The van der Waals surface area contributed by atoms with E-state index in [4.69, 9.17) is 0 Å². The van der Waals surface area contributed by atoms with Crippen molar-refractivity contribution in [2.75, 3.05) is 0 Å². The molecule has 1 atom stereocenters. The fraction of sp³-hybridized carbons (Fsp3) is 0.429. The van der Waals surface area contributed by atoms with E-state index in [0.29, 0.717) is 11.1 Å². The third-order valence-electron chi connectivity index (χ3n) is 2.60. The zero-order chi connectivity index (χ0) is 14.6. The highest BCUT2D eigenvalue weighted by Crippen LogP contribution is 2.10. The zero-order valence-electron chi connectivity index (χ0n) is 11.6. The molecule has 0 aliphatic heterocycles. The monoisotopic (exact) mass is 266 g/mol. The number of nitrogens with one attached hydrogen (secondary N) is 2. The third kappa shape index (κ3) is 4.35. The summed E-state index contributed by atoms with van der Waals surface area (Å²) in [5, 5.41) is 5.30. The molecule has 1 aromatic rings. The fourth-order valence-corrected chi connectivity index (χ4v) is 1.63. The van der Waals surface area contributed by atoms with Crippen molar-refractivity contribution in [3.8, 4) is 0 Å². The maximum Gasteiger partial charge on any atom is 0.252 e. The molecule has 0 saturated heterocycles. The van der Waals surface area contributed by atoms with E-state index >= 15 is 0 Å². The summed E-state index contributed by atoms with van der Waals surface area (Å²) >= 11 is 0. The number of carbonyl (C=O) groups excluding carboxylic acids is 2. The molecule has 0 saturated carbocycles. The molecule has 0 aliphatic rings. The van der Waals surface area contributed by atoms with Crippen LogP contribution in [0.2, 0.25) is 0 Å². The predicted molar refractivity (Wildman–Crippen MR) is 71.3 cm³/mol. The van der Waals surface area contributed by atoms with Crippen LogP contribution in [0.1, 0.15) is 36.7 Å². The van der Waals surface area contributed by atoms with Gasteiger partial charge in [-0.15, -0.1) is 0 Å². The van der Waals surface area contributed by atoms with Crippen molar-refractivity contribution in [1.82, 2.24) is 10.6 Å². The molecule has 2 amide bonds. The molecule has 0 heterocycles. The summed E-state index contributed by atoms with van der Waals surface area (Å²) in [6.45, 7) is 6.94. The van der Waals surface area contributed by atoms with Crippen LogP contribution < -0.4 is 10.6 Å². The Morgan fingerprint density at radius 2 is 1.79 bits per heavy atom. The van der Waals surface area contributed by atoms with Crippen LogP contribution in [0.4, 0.5) is 4.39 Å². The van der Waals surface area contributed by atoms with E-state index in [0.717, 1.165) is 0 Å². The van der Waals surface area contributed by atoms with E-state index in [1.165, 1.54) is 18.2 Å². The minimum Gasteiger partial charge on any atom is -0.352 e. The molecule has 0 spiro atoms. The smallest absolute Gasteiger partial charge is 0.252 e. The number of halogens is 1. The highest BCUT2D eigenvalue weighted by Gasteiger charge is 2.18. The van der Waals surface area contributed by atoms with E-state index in [1.54, 1.807) is 13.8 Å². The van der Waals surface area contributed by atoms with Crippen molar-refractivity contribution in [1.29, 1.82) is 0 Å². The maximum absolute atomic E-state index is 12.9. The average Bonchev–Trinajstić information content (AvgIpc) is 2.27. The summed E-state index contributed by atoms with van der Waals surface area (Å²) in [7, 11) is 0. The number of hydrogen-bond donors (Lipinski definition) is 2. The van der Waals surface area contributed by atoms with Gasteiger partial charge >= 0.3 is 0 Å². The van der Waals surface area contributed by atoms with Gasteiger partial charge in [-0.25, -0.2) is 4.39 Å². The van der Waals surface area contributed by atoms with Crippen LogP contribution in [0.5, 0.6) is 0 Å². The van der Waals surface area contributed by atoms with E-state index < -0.39 is 6.04 Å². The van der Waals surface area contributed by atoms with Crippen LogP contribution in [0.25, 0.3) is 0 Å². The number of rotatable bonds is 4. The van der Waals surface area contributed by atoms with Crippen LogP contribution in [-0.4, -0.2) is 23.9 Å². The number of hydrogen-bond acceptors (Lipinski definition) is 2. The lowest BCUT2D eigenvalue weighted by Gasteiger charge is -2.16. The van der Waals surface area contributed by atoms with Crippen LogP contribution in [0.15, 0.2) is 18.2 Å². The van der Waals surface area contributed by atoms with Gasteiger partial charge in [0.25, 0.3) is 5.91 Å². The molecule has 0 bridgehead atoms. The molecule has 104 valence electrons. The Labute approximate surface area is 112 Å². The molecule has 1 unspecified atom stereocenters. The van der Waals surface area contributed by atoms with Crippen LogP contribution in [0.3, 0.4) is 0 Å². The Morgan fingerprint density at radius 1 is 1.16 bits per heavy atom. The molecule has 2 N–H and O–H groups in total. The first-order valence-electron chi connectivity index (χ1n) is 6.18. The standard InChI is InChI=1S/C14H19FN2O2/c1-8(2)16-13(18)10(4)17-14(19)12-6-5-11(15)7-9(12)3/h5-8,10H,1-4H3,(H,16,18)(H,17,19). The summed E-state index contributed by atoms with van der Waals surface area (Å²) in [6, 6.07) is 3.29. The molecule has 0 radical (unpaired) electrons. The third-order valence-corrected chi connectivity index (χ3v) is 2.60. The zero-order valence-corrected chi connectivity index (χ0v) is 11.6. The lowest BCUT2D eigenvalue weighted by atomic mass is 10.1. The molecule has 1 aromatic carbocycles. The van der Waals surface area contributed by atoms with Gasteiger partial charge in [0, 0.05) is 11.6 Å². The second-order valence-corrected chi connectivity index (χ2v) is 4.82. The Bertz CT molecular complexity index is 486. The van der Waals surface area contributed by atoms with Gasteiger partial charge < -0.3 is 10.6 Å². The fourth-order valence-electron chi connectivity index (χ4n) is 1.63. The van der Waals surface area contributed by atoms with Crippen molar-refractivity contribution in [3.05, 3.63) is 35.1 Å². The van der Waals surface area contributed by atoms with E-state index in [9.17, 15) is 14.0 Å². The minimum atomic E-state index is -0.639. The van der Waals surface area contributed by atoms with Gasteiger partial charge in [-0.2, -0.15) is 0 Å². The second kappa shape index (κ2) is 6.31. The Balaban J connectivity index is 2.71. The summed E-state index contributed by atoms with van der Waals surface area (Å²) in [4.78, 5) is 23.6. The molecular weight excluding hydrogens is 247 g/mol. The Hall–Kier alpha value is -1.91. The molecule has 4 nitrogen and oxygen atoms in total. The number of carbonyl (C=O) groups is 2. The summed E-state index contributed by atoms with van der Waals surface area (Å²) in [5.41, 5.74) is 0.902. The molecule has 1 rings (SSSR count). The van der Waals surface area contributed by atoms with Gasteiger partial charge in [0.2, 0.25) is 5.91 Å². The van der Waals surface area contributed by atoms with Gasteiger partial charge in [0.15, 0.2) is 0 Å². The van der Waals surface area contributed by atoms with Crippen LogP contribution >= 0.6 is 0 Å². The Kier molecular flexibility index (Phi) is 5.03. The first-order valence-corrected chi connectivity index (χ1v) is 6.18. The average molecular weight is 266 g/mol. The van der Waals surface area contributed by atoms with Crippen molar-refractivity contribution < 1.29 is 14.0 Å². The number of aryl methyl sites for hydroxylation is 1. The lowest BCUT2D eigenvalue weighted by Crippen LogP contribution is -2.46. The van der Waals surface area contributed by atoms with Crippen LogP contribution in [-0.2, 0) is 4.79 Å². The number of amides is 2. The highest BCUT2D eigenvalue weighted by molar-refractivity contribution is 5.98. The van der Waals surface area contributed by atoms with Gasteiger partial charge in [-0.05, 0) is 51.5 Å². The molecule has 0 aromatic heterocycles. The van der Waals surface area contributed by atoms with E-state index in [-0.39, 0.29) is 23.7 Å². The van der Waals surface area contributed by atoms with Crippen molar-refractivity contribution in [2.45, 2.75) is 39.8 Å². The van der Waals surface area contributed by atoms with Gasteiger partial charge in [-0.3, -0.25) is 9.59 Å². The predicted octanol–water partition coefficient (Wildman–Crippen LogP) is 1.78. The molecular formula is C14H19FN2O2. The van der Waals surface area contributed by atoms with Crippen molar-refractivity contribution in [2.24, 2.45) is 0 Å². The lowest BCUT2D eigenvalue weighted by molar-refractivity contribution is -0.123.